The van der Waals surface area contributed by atoms with Crippen LogP contribution in [0.2, 0.25) is 5.02 Å². The van der Waals surface area contributed by atoms with Crippen molar-refractivity contribution in [1.82, 2.24) is 10.8 Å². The van der Waals surface area contributed by atoms with Crippen molar-refractivity contribution in [2.75, 3.05) is 0 Å². The van der Waals surface area contributed by atoms with Crippen molar-refractivity contribution in [1.29, 1.82) is 0 Å². The Morgan fingerprint density at radius 1 is 0.786 bits per heavy atom. The molecule has 3 rings (SSSR count). The van der Waals surface area contributed by atoms with E-state index < -0.39 is 5.91 Å². The molecule has 0 fully saturated rings. The van der Waals surface area contributed by atoms with Gasteiger partial charge in [0.2, 0.25) is 0 Å². The van der Waals surface area contributed by atoms with Gasteiger partial charge in [0.05, 0.1) is 6.04 Å². The summed E-state index contributed by atoms with van der Waals surface area (Å²) in [4.78, 5) is 23.9. The smallest absolute Gasteiger partial charge is 0.274 e. The van der Waals surface area contributed by atoms with Crippen LogP contribution in [0, 0.1) is 0 Å². The van der Waals surface area contributed by atoms with Gasteiger partial charge in [-0.25, -0.2) is 5.48 Å². The van der Waals surface area contributed by atoms with Crippen LogP contribution < -0.4 is 10.8 Å². The van der Waals surface area contributed by atoms with E-state index in [1.54, 1.807) is 54.0 Å². The number of hydrogen-bond acceptors (Lipinski definition) is 3. The van der Waals surface area contributed by atoms with Gasteiger partial charge in [-0.05, 0) is 60.0 Å². The molecule has 0 spiro atoms. The maximum Gasteiger partial charge on any atom is 0.274 e. The Labute approximate surface area is 167 Å². The molecule has 6 heteroatoms. The molecule has 5 nitrogen and oxygen atoms in total. The summed E-state index contributed by atoms with van der Waals surface area (Å²) in [6.07, 6.45) is 0. The lowest BCUT2D eigenvalue weighted by Crippen LogP contribution is -2.26. The van der Waals surface area contributed by atoms with Gasteiger partial charge in [0.25, 0.3) is 11.8 Å². The van der Waals surface area contributed by atoms with Gasteiger partial charge in [0.15, 0.2) is 0 Å². The Morgan fingerprint density at radius 2 is 1.25 bits per heavy atom. The van der Waals surface area contributed by atoms with E-state index in [0.29, 0.717) is 16.1 Å². The van der Waals surface area contributed by atoms with Crippen LogP contribution in [-0.4, -0.2) is 17.0 Å². The van der Waals surface area contributed by atoms with E-state index in [1.165, 1.54) is 0 Å². The molecule has 3 aromatic carbocycles. The molecule has 0 aromatic heterocycles. The molecule has 28 heavy (non-hydrogen) atoms. The third kappa shape index (κ3) is 4.57. The Bertz CT molecular complexity index is 968. The Morgan fingerprint density at radius 3 is 1.71 bits per heavy atom. The molecule has 142 valence electrons. The van der Waals surface area contributed by atoms with Crippen LogP contribution in [-0.2, 0) is 0 Å². The first-order valence-electron chi connectivity index (χ1n) is 8.69. The van der Waals surface area contributed by atoms with Gasteiger partial charge in [0, 0.05) is 16.1 Å². The van der Waals surface area contributed by atoms with Crippen LogP contribution in [0.5, 0.6) is 0 Å². The molecule has 2 amide bonds. The highest BCUT2D eigenvalue weighted by atomic mass is 35.5. The van der Waals surface area contributed by atoms with Crippen molar-refractivity contribution in [3.63, 3.8) is 0 Å². The number of hydroxylamine groups is 1. The van der Waals surface area contributed by atoms with E-state index in [4.69, 9.17) is 16.8 Å². The molecule has 0 radical (unpaired) electrons. The van der Waals surface area contributed by atoms with Gasteiger partial charge >= 0.3 is 0 Å². The number of carbonyl (C=O) groups is 2. The van der Waals surface area contributed by atoms with Crippen LogP contribution in [0.15, 0.2) is 72.8 Å². The summed E-state index contributed by atoms with van der Waals surface area (Å²) in [5, 5.41) is 12.3. The van der Waals surface area contributed by atoms with Gasteiger partial charge in [0.1, 0.15) is 0 Å². The molecule has 0 heterocycles. The van der Waals surface area contributed by atoms with Gasteiger partial charge < -0.3 is 5.32 Å². The first kappa shape index (κ1) is 19.6. The summed E-state index contributed by atoms with van der Waals surface area (Å²) in [6.45, 7) is 1.92. The molecule has 3 aromatic rings. The zero-order valence-electron chi connectivity index (χ0n) is 15.1. The Balaban J connectivity index is 1.68. The summed E-state index contributed by atoms with van der Waals surface area (Å²) >= 11 is 5.90. The normalized spacial score (nSPS) is 11.5. The predicted molar refractivity (Wildman–Crippen MR) is 108 cm³/mol. The number of carbonyl (C=O) groups excluding carboxylic acids is 2. The second kappa shape index (κ2) is 8.69. The average Bonchev–Trinajstić information content (AvgIpc) is 2.73. The molecule has 0 saturated heterocycles. The minimum atomic E-state index is -0.562. The van der Waals surface area contributed by atoms with Gasteiger partial charge in [-0.1, -0.05) is 48.0 Å². The van der Waals surface area contributed by atoms with E-state index in [0.717, 1.165) is 16.7 Å². The van der Waals surface area contributed by atoms with E-state index >= 15 is 0 Å². The van der Waals surface area contributed by atoms with Crippen LogP contribution in [0.1, 0.15) is 39.2 Å². The van der Waals surface area contributed by atoms with E-state index in [9.17, 15) is 9.59 Å². The van der Waals surface area contributed by atoms with Crippen molar-refractivity contribution in [3.05, 3.63) is 94.5 Å². The minimum absolute atomic E-state index is 0.144. The van der Waals surface area contributed by atoms with Gasteiger partial charge in [-0.2, -0.15) is 0 Å². The fourth-order valence-corrected chi connectivity index (χ4v) is 2.93. The predicted octanol–water partition coefficient (Wildman–Crippen LogP) is 4.62. The summed E-state index contributed by atoms with van der Waals surface area (Å²) in [5.74, 6) is -0.725. The van der Waals surface area contributed by atoms with E-state index in [1.807, 2.05) is 31.2 Å². The quantitative estimate of drug-likeness (QED) is 0.436. The molecule has 3 N–H and O–H groups in total. The number of rotatable bonds is 5. The highest BCUT2D eigenvalue weighted by molar-refractivity contribution is 6.30. The van der Waals surface area contributed by atoms with Crippen LogP contribution in [0.3, 0.4) is 0 Å². The third-order valence-corrected chi connectivity index (χ3v) is 4.70. The van der Waals surface area contributed by atoms with Crippen molar-refractivity contribution >= 4 is 23.4 Å². The van der Waals surface area contributed by atoms with Crippen LogP contribution in [0.4, 0.5) is 0 Å². The molecule has 1 unspecified atom stereocenters. The summed E-state index contributed by atoms with van der Waals surface area (Å²) < 4.78 is 0. The van der Waals surface area contributed by atoms with Crippen molar-refractivity contribution < 1.29 is 14.8 Å². The average molecular weight is 395 g/mol. The molecule has 0 aliphatic rings. The largest absolute Gasteiger partial charge is 0.346 e. The number of halogens is 1. The molecule has 0 aliphatic carbocycles. The lowest BCUT2D eigenvalue weighted by Gasteiger charge is -2.14. The second-order valence-corrected chi connectivity index (χ2v) is 6.78. The maximum atomic E-state index is 12.5. The summed E-state index contributed by atoms with van der Waals surface area (Å²) in [5.41, 5.74) is 5.30. The van der Waals surface area contributed by atoms with Gasteiger partial charge in [-0.3, -0.25) is 14.8 Å². The molecular formula is C22H19ClN2O3. The minimum Gasteiger partial charge on any atom is -0.346 e. The SMILES string of the molecule is CC(NC(=O)c1ccc(-c2ccc(C(=O)NO)cc2)cc1)c1ccc(Cl)cc1. The number of hydrogen-bond donors (Lipinski definition) is 3. The zero-order valence-corrected chi connectivity index (χ0v) is 15.9. The first-order chi connectivity index (χ1) is 13.5. The fraction of sp³-hybridized carbons (Fsp3) is 0.0909. The van der Waals surface area contributed by atoms with Crippen molar-refractivity contribution in [2.24, 2.45) is 0 Å². The second-order valence-electron chi connectivity index (χ2n) is 6.34. The van der Waals surface area contributed by atoms with E-state index in [2.05, 4.69) is 5.32 Å². The number of benzene rings is 3. The monoisotopic (exact) mass is 394 g/mol. The first-order valence-corrected chi connectivity index (χ1v) is 9.07. The number of amides is 2. The van der Waals surface area contributed by atoms with E-state index in [-0.39, 0.29) is 11.9 Å². The number of nitrogens with one attached hydrogen (secondary N) is 2. The zero-order chi connectivity index (χ0) is 20.1. The highest BCUT2D eigenvalue weighted by Crippen LogP contribution is 2.21. The lowest BCUT2D eigenvalue weighted by atomic mass is 10.0. The Hall–Kier alpha value is -3.15. The van der Waals surface area contributed by atoms with Gasteiger partial charge in [-0.15, -0.1) is 0 Å². The molecule has 0 bridgehead atoms. The summed E-state index contributed by atoms with van der Waals surface area (Å²) in [6, 6.07) is 21.2. The third-order valence-electron chi connectivity index (χ3n) is 4.45. The topological polar surface area (TPSA) is 78.4 Å². The molecule has 1 atom stereocenters. The van der Waals surface area contributed by atoms with Crippen LogP contribution in [0.25, 0.3) is 11.1 Å². The highest BCUT2D eigenvalue weighted by Gasteiger charge is 2.12. The summed E-state index contributed by atoms with van der Waals surface area (Å²) in [7, 11) is 0. The molecular weight excluding hydrogens is 376 g/mol. The maximum absolute atomic E-state index is 12.5. The molecule has 0 saturated carbocycles. The molecule has 0 aliphatic heterocycles. The fourth-order valence-electron chi connectivity index (χ4n) is 2.81. The Kier molecular flexibility index (Phi) is 6.09. The van der Waals surface area contributed by atoms with Crippen molar-refractivity contribution in [2.45, 2.75) is 13.0 Å². The lowest BCUT2D eigenvalue weighted by molar-refractivity contribution is 0.0706. The van der Waals surface area contributed by atoms with Crippen LogP contribution >= 0.6 is 11.6 Å². The van der Waals surface area contributed by atoms with Crippen molar-refractivity contribution in [3.8, 4) is 11.1 Å². The standard InChI is InChI=1S/C22H19ClN2O3/c1-14(15-10-12-20(23)13-11-15)24-21(26)18-6-2-16(3-7-18)17-4-8-19(9-5-17)22(27)25-28/h2-14,28H,1H3,(H,24,26)(H,25,27).